The smallest absolute Gasteiger partial charge is 0.338 e. The second kappa shape index (κ2) is 12.8. The maximum atomic E-state index is 14.6. The van der Waals surface area contributed by atoms with Gasteiger partial charge in [-0.05, 0) is 55.0 Å². The predicted molar refractivity (Wildman–Crippen MR) is 148 cm³/mol. The molecule has 1 aliphatic rings. The van der Waals surface area contributed by atoms with Crippen LogP contribution in [0.5, 0.6) is 0 Å². The van der Waals surface area contributed by atoms with Crippen LogP contribution in [0.1, 0.15) is 65.1 Å². The number of amides is 1. The molecule has 43 heavy (non-hydrogen) atoms. The number of likely N-dealkylation sites (N-methyl/N-ethyl adjacent to an activating group) is 1. The summed E-state index contributed by atoms with van der Waals surface area (Å²) in [6, 6.07) is 10.2. The molecule has 7 nitrogen and oxygen atoms in total. The van der Waals surface area contributed by atoms with Crippen LogP contribution in [-0.2, 0) is 21.4 Å². The number of carboxylic acid groups (broad SMARTS) is 1. The fraction of sp³-hybridized carbons (Fsp3) is 0.333. The molecule has 0 unspecified atom stereocenters. The Balaban J connectivity index is 1.66. The number of carboxylic acids is 1. The van der Waals surface area contributed by atoms with Crippen molar-refractivity contribution >= 4 is 27.6 Å². The molecule has 13 heteroatoms. The molecule has 0 radical (unpaired) electrons. The largest absolute Gasteiger partial charge is 0.478 e. The maximum absolute atomic E-state index is 14.6. The minimum atomic E-state index is -5.29. The molecule has 0 aromatic heterocycles. The molecule has 0 bridgehead atoms. The van der Waals surface area contributed by atoms with Crippen LogP contribution in [0.25, 0.3) is 0 Å². The van der Waals surface area contributed by atoms with Crippen LogP contribution in [0.2, 0.25) is 0 Å². The lowest BCUT2D eigenvalue weighted by atomic mass is 9.84. The van der Waals surface area contributed by atoms with Crippen molar-refractivity contribution in [2.75, 3.05) is 18.5 Å². The van der Waals surface area contributed by atoms with E-state index in [2.05, 4.69) is 0 Å². The van der Waals surface area contributed by atoms with Gasteiger partial charge >= 0.3 is 5.97 Å². The lowest BCUT2D eigenvalue weighted by molar-refractivity contribution is -0.118. The van der Waals surface area contributed by atoms with Gasteiger partial charge in [-0.25, -0.2) is 35.2 Å². The third-order valence-corrected chi connectivity index (χ3v) is 9.49. The van der Waals surface area contributed by atoms with Crippen molar-refractivity contribution in [3.05, 3.63) is 93.8 Å². The summed E-state index contributed by atoms with van der Waals surface area (Å²) in [5, 5.41) is 9.18. The highest BCUT2D eigenvalue weighted by atomic mass is 32.2. The molecule has 1 amide bonds. The number of anilines is 1. The van der Waals surface area contributed by atoms with Crippen molar-refractivity contribution in [3.8, 4) is 0 Å². The van der Waals surface area contributed by atoms with E-state index >= 15 is 0 Å². The van der Waals surface area contributed by atoms with Gasteiger partial charge in [-0.1, -0.05) is 43.5 Å². The summed E-state index contributed by atoms with van der Waals surface area (Å²) >= 11 is 0. The standard InChI is InChI=1S/C30H29F5N2O5S/c1-17-25(32)27(34)29(28(35)26(17)33)43(41,42)36(2)16-24(38)37(21-12-13-22(30(39)40)23(31)14-21)15-18-8-10-20(11-9-18)19-6-4-3-5-7-19/h8-14,19H,3-7,15-16H2,1-2H3,(H,39,40). The van der Waals surface area contributed by atoms with Crippen LogP contribution in [0.3, 0.4) is 0 Å². The first kappa shape index (κ1) is 32.1. The topological polar surface area (TPSA) is 95.0 Å². The summed E-state index contributed by atoms with van der Waals surface area (Å²) in [6.45, 7) is -0.546. The molecule has 0 spiro atoms. The fourth-order valence-electron chi connectivity index (χ4n) is 5.15. The number of hydrogen-bond donors (Lipinski definition) is 1. The molecular weight excluding hydrogens is 595 g/mol. The molecule has 3 aromatic carbocycles. The molecule has 0 aliphatic heterocycles. The van der Waals surface area contributed by atoms with Gasteiger partial charge < -0.3 is 10.0 Å². The lowest BCUT2D eigenvalue weighted by Crippen LogP contribution is -2.41. The van der Waals surface area contributed by atoms with Crippen LogP contribution in [0.15, 0.2) is 47.4 Å². The minimum absolute atomic E-state index is 0.126. The van der Waals surface area contributed by atoms with Crippen LogP contribution in [0, 0.1) is 36.0 Å². The third-order valence-electron chi connectivity index (χ3n) is 7.66. The van der Waals surface area contributed by atoms with Crippen molar-refractivity contribution in [3.63, 3.8) is 0 Å². The van der Waals surface area contributed by atoms with Gasteiger partial charge in [-0.2, -0.15) is 4.31 Å². The van der Waals surface area contributed by atoms with Gasteiger partial charge in [0.15, 0.2) is 28.2 Å². The number of benzene rings is 3. The summed E-state index contributed by atoms with van der Waals surface area (Å²) in [4.78, 5) is 23.9. The second-order valence-electron chi connectivity index (χ2n) is 10.5. The second-order valence-corrected chi connectivity index (χ2v) is 12.5. The highest BCUT2D eigenvalue weighted by Gasteiger charge is 2.36. The number of rotatable bonds is 9. The maximum Gasteiger partial charge on any atom is 0.338 e. The molecule has 1 aliphatic carbocycles. The van der Waals surface area contributed by atoms with Gasteiger partial charge in [0.05, 0.1) is 18.7 Å². The van der Waals surface area contributed by atoms with E-state index < -0.39 is 73.6 Å². The van der Waals surface area contributed by atoms with E-state index in [1.54, 1.807) is 12.1 Å². The van der Waals surface area contributed by atoms with Gasteiger partial charge in [-0.3, -0.25) is 4.79 Å². The first-order valence-electron chi connectivity index (χ1n) is 13.4. The molecule has 1 saturated carbocycles. The number of nitrogens with zero attached hydrogens (tertiary/aromatic N) is 2. The highest BCUT2D eigenvalue weighted by Crippen LogP contribution is 2.33. The Hall–Kier alpha value is -3.84. The molecule has 0 heterocycles. The zero-order valence-corrected chi connectivity index (χ0v) is 24.2. The molecule has 0 saturated heterocycles. The highest BCUT2D eigenvalue weighted by molar-refractivity contribution is 7.89. The van der Waals surface area contributed by atoms with E-state index in [1.807, 2.05) is 12.1 Å². The van der Waals surface area contributed by atoms with Crippen molar-refractivity contribution in [1.82, 2.24) is 4.31 Å². The Bertz CT molecular complexity index is 1630. The Labute approximate surface area is 245 Å². The van der Waals surface area contributed by atoms with Crippen LogP contribution >= 0.6 is 0 Å². The van der Waals surface area contributed by atoms with Crippen LogP contribution < -0.4 is 4.90 Å². The SMILES string of the molecule is Cc1c(F)c(F)c(S(=O)(=O)N(C)CC(=O)N(Cc2ccc(C3CCCCC3)cc2)c2ccc(C(=O)O)c(F)c2)c(F)c1F. The Morgan fingerprint density at radius 1 is 0.884 bits per heavy atom. The summed E-state index contributed by atoms with van der Waals surface area (Å²) in [5.41, 5.74) is -0.159. The van der Waals surface area contributed by atoms with Gasteiger partial charge in [-0.15, -0.1) is 0 Å². The molecule has 1 fully saturated rings. The minimum Gasteiger partial charge on any atom is -0.478 e. The third kappa shape index (κ3) is 6.57. The van der Waals surface area contributed by atoms with Gasteiger partial charge in [0.1, 0.15) is 5.82 Å². The number of aromatic carboxylic acids is 1. The van der Waals surface area contributed by atoms with Gasteiger partial charge in [0.2, 0.25) is 15.9 Å². The molecule has 3 aromatic rings. The van der Waals surface area contributed by atoms with Crippen LogP contribution in [-0.4, -0.2) is 43.3 Å². The normalized spacial score (nSPS) is 14.2. The molecule has 4 rings (SSSR count). The van der Waals surface area contributed by atoms with Gasteiger partial charge in [0.25, 0.3) is 0 Å². The van der Waals surface area contributed by atoms with Crippen molar-refractivity contribution in [2.45, 2.75) is 56.4 Å². The summed E-state index contributed by atoms with van der Waals surface area (Å²) < 4.78 is 98.2. The summed E-state index contributed by atoms with van der Waals surface area (Å²) in [7, 11) is -4.50. The number of halogens is 5. The first-order valence-corrected chi connectivity index (χ1v) is 14.9. The molecule has 1 N–H and O–H groups in total. The number of carbonyl (C=O) groups is 2. The van der Waals surface area contributed by atoms with Crippen molar-refractivity contribution in [2.24, 2.45) is 0 Å². The average molecular weight is 625 g/mol. The quantitative estimate of drug-likeness (QED) is 0.223. The van der Waals surface area contributed by atoms with E-state index in [1.165, 1.54) is 6.42 Å². The van der Waals surface area contributed by atoms with E-state index in [0.717, 1.165) is 68.3 Å². The average Bonchev–Trinajstić information content (AvgIpc) is 2.98. The Kier molecular flexibility index (Phi) is 9.55. The predicted octanol–water partition coefficient (Wildman–Crippen LogP) is 6.29. The monoisotopic (exact) mass is 624 g/mol. The first-order chi connectivity index (χ1) is 20.2. The van der Waals surface area contributed by atoms with E-state index in [0.29, 0.717) is 11.5 Å². The number of hydrogen-bond acceptors (Lipinski definition) is 4. The molecular formula is C30H29F5N2O5S. The van der Waals surface area contributed by atoms with Crippen molar-refractivity contribution < 1.29 is 45.1 Å². The summed E-state index contributed by atoms with van der Waals surface area (Å²) in [6.07, 6.45) is 5.53. The van der Waals surface area contributed by atoms with Gasteiger partial charge in [0, 0.05) is 18.3 Å². The Morgan fingerprint density at radius 3 is 2.00 bits per heavy atom. The van der Waals surface area contributed by atoms with E-state index in [-0.39, 0.29) is 16.5 Å². The summed E-state index contributed by atoms with van der Waals surface area (Å²) in [5.74, 6) is -11.4. The zero-order valence-electron chi connectivity index (χ0n) is 23.3. The van der Waals surface area contributed by atoms with Crippen molar-refractivity contribution in [1.29, 1.82) is 0 Å². The number of carbonyl (C=O) groups excluding carboxylic acids is 1. The zero-order chi connectivity index (χ0) is 31.6. The number of sulfonamides is 1. The molecule has 230 valence electrons. The van der Waals surface area contributed by atoms with Crippen LogP contribution in [0.4, 0.5) is 27.6 Å². The fourth-order valence-corrected chi connectivity index (χ4v) is 6.37. The Morgan fingerprint density at radius 2 is 1.47 bits per heavy atom. The molecule has 0 atom stereocenters. The van der Waals surface area contributed by atoms with E-state index in [9.17, 15) is 45.1 Å². The van der Waals surface area contributed by atoms with E-state index in [4.69, 9.17) is 0 Å². The lowest BCUT2D eigenvalue weighted by Gasteiger charge is -2.27.